The number of rotatable bonds is 6. The average Bonchev–Trinajstić information content (AvgIpc) is 2.34. The number of nitrogens with zero attached hydrogens (tertiary/aromatic N) is 2. The molecule has 1 aliphatic rings. The van der Waals surface area contributed by atoms with Crippen molar-refractivity contribution in [2.45, 2.75) is 45.2 Å². The molecule has 0 radical (unpaired) electrons. The molecule has 0 saturated carbocycles. The van der Waals surface area contributed by atoms with Gasteiger partial charge in [0.2, 0.25) is 0 Å². The summed E-state index contributed by atoms with van der Waals surface area (Å²) in [7, 11) is 0. The molecule has 1 saturated heterocycles. The van der Waals surface area contributed by atoms with Crippen molar-refractivity contribution in [2.75, 3.05) is 44.7 Å². The van der Waals surface area contributed by atoms with E-state index in [0.29, 0.717) is 11.6 Å². The van der Waals surface area contributed by atoms with Gasteiger partial charge in [-0.15, -0.1) is 0 Å². The lowest BCUT2D eigenvalue weighted by Gasteiger charge is -2.44. The first-order valence-electron chi connectivity index (χ1n) is 7.17. The third-order valence-electron chi connectivity index (χ3n) is 3.94. The molecule has 0 amide bonds. The van der Waals surface area contributed by atoms with E-state index in [0.717, 1.165) is 6.54 Å². The molecule has 0 bridgehead atoms. The van der Waals surface area contributed by atoms with Crippen LogP contribution < -0.4 is 5.73 Å². The highest BCUT2D eigenvalue weighted by Crippen LogP contribution is 2.18. The molecule has 1 unspecified atom stereocenters. The van der Waals surface area contributed by atoms with Gasteiger partial charge in [0.05, 0.1) is 0 Å². The molecular weight excluding hydrogens is 242 g/mol. The van der Waals surface area contributed by atoms with Crippen LogP contribution in [0, 0.1) is 0 Å². The van der Waals surface area contributed by atoms with Crippen LogP contribution >= 0.6 is 11.8 Å². The first-order chi connectivity index (χ1) is 8.49. The van der Waals surface area contributed by atoms with Gasteiger partial charge in [0.1, 0.15) is 0 Å². The SMILES string of the molecule is CSCCCC(CN)N1CCN(C(C)(C)C)CC1. The van der Waals surface area contributed by atoms with Crippen molar-refractivity contribution in [3.63, 3.8) is 0 Å². The van der Waals surface area contributed by atoms with Gasteiger partial charge in [0, 0.05) is 44.3 Å². The van der Waals surface area contributed by atoms with Crippen molar-refractivity contribution in [1.82, 2.24) is 9.80 Å². The quantitative estimate of drug-likeness (QED) is 0.749. The van der Waals surface area contributed by atoms with Crippen LogP contribution in [0.5, 0.6) is 0 Å². The Balaban J connectivity index is 2.35. The maximum Gasteiger partial charge on any atom is 0.0219 e. The standard InChI is InChI=1S/C14H31N3S/c1-14(2,3)17-9-7-16(8-10-17)13(12-15)6-5-11-18-4/h13H,5-12,15H2,1-4H3. The van der Waals surface area contributed by atoms with E-state index in [1.807, 2.05) is 11.8 Å². The molecular formula is C14H31N3S. The van der Waals surface area contributed by atoms with Gasteiger partial charge in [-0.25, -0.2) is 0 Å². The van der Waals surface area contributed by atoms with Crippen molar-refractivity contribution in [1.29, 1.82) is 0 Å². The van der Waals surface area contributed by atoms with Crippen LogP contribution in [-0.2, 0) is 0 Å². The lowest BCUT2D eigenvalue weighted by atomic mass is 10.0. The van der Waals surface area contributed by atoms with Crippen LogP contribution in [0.15, 0.2) is 0 Å². The van der Waals surface area contributed by atoms with Crippen LogP contribution in [0.4, 0.5) is 0 Å². The minimum Gasteiger partial charge on any atom is -0.329 e. The van der Waals surface area contributed by atoms with E-state index in [9.17, 15) is 0 Å². The Morgan fingerprint density at radius 1 is 1.17 bits per heavy atom. The Labute approximate surface area is 117 Å². The molecule has 0 aliphatic carbocycles. The maximum absolute atomic E-state index is 5.94. The van der Waals surface area contributed by atoms with E-state index >= 15 is 0 Å². The number of piperazine rings is 1. The van der Waals surface area contributed by atoms with Gasteiger partial charge in [0.15, 0.2) is 0 Å². The highest BCUT2D eigenvalue weighted by molar-refractivity contribution is 7.98. The third-order valence-corrected chi connectivity index (χ3v) is 4.63. The lowest BCUT2D eigenvalue weighted by Crippen LogP contribution is -2.56. The fourth-order valence-corrected chi connectivity index (χ4v) is 3.13. The van der Waals surface area contributed by atoms with Gasteiger partial charge < -0.3 is 5.73 Å². The first-order valence-corrected chi connectivity index (χ1v) is 8.56. The van der Waals surface area contributed by atoms with E-state index in [2.05, 4.69) is 36.8 Å². The minimum atomic E-state index is 0.309. The summed E-state index contributed by atoms with van der Waals surface area (Å²) in [6, 6.07) is 0.597. The Morgan fingerprint density at radius 3 is 2.22 bits per heavy atom. The molecule has 1 fully saturated rings. The zero-order chi connectivity index (χ0) is 13.6. The topological polar surface area (TPSA) is 32.5 Å². The Kier molecular flexibility index (Phi) is 6.99. The highest BCUT2D eigenvalue weighted by atomic mass is 32.2. The highest BCUT2D eigenvalue weighted by Gasteiger charge is 2.28. The predicted octanol–water partition coefficient (Wildman–Crippen LogP) is 1.87. The fourth-order valence-electron chi connectivity index (χ4n) is 2.67. The molecule has 1 heterocycles. The molecule has 0 spiro atoms. The zero-order valence-corrected chi connectivity index (χ0v) is 13.4. The van der Waals surface area contributed by atoms with Gasteiger partial charge in [-0.1, -0.05) is 0 Å². The molecule has 4 heteroatoms. The van der Waals surface area contributed by atoms with Crippen molar-refractivity contribution in [3.05, 3.63) is 0 Å². The summed E-state index contributed by atoms with van der Waals surface area (Å²) >= 11 is 1.94. The van der Waals surface area contributed by atoms with E-state index in [1.165, 1.54) is 44.8 Å². The third kappa shape index (κ3) is 5.08. The molecule has 1 aliphatic heterocycles. The summed E-state index contributed by atoms with van der Waals surface area (Å²) in [5.74, 6) is 1.26. The molecule has 18 heavy (non-hydrogen) atoms. The fraction of sp³-hybridized carbons (Fsp3) is 1.00. The zero-order valence-electron chi connectivity index (χ0n) is 12.6. The summed E-state index contributed by atoms with van der Waals surface area (Å²) in [6.07, 6.45) is 4.73. The van der Waals surface area contributed by atoms with Crippen molar-refractivity contribution < 1.29 is 0 Å². The number of thioether (sulfide) groups is 1. The molecule has 0 aromatic rings. The first kappa shape index (κ1) is 16.3. The normalized spacial score (nSPS) is 21.2. The van der Waals surface area contributed by atoms with Crippen LogP contribution in [0.3, 0.4) is 0 Å². The van der Waals surface area contributed by atoms with E-state index in [4.69, 9.17) is 5.73 Å². The molecule has 0 aromatic carbocycles. The lowest BCUT2D eigenvalue weighted by molar-refractivity contribution is 0.0418. The maximum atomic E-state index is 5.94. The van der Waals surface area contributed by atoms with Gasteiger partial charge in [-0.05, 0) is 45.6 Å². The number of hydrogen-bond donors (Lipinski definition) is 1. The smallest absolute Gasteiger partial charge is 0.0219 e. The van der Waals surface area contributed by atoms with Crippen LogP contribution in [0.2, 0.25) is 0 Å². The van der Waals surface area contributed by atoms with Crippen molar-refractivity contribution in [3.8, 4) is 0 Å². The second-order valence-corrected chi connectivity index (χ2v) is 7.20. The summed E-state index contributed by atoms with van der Waals surface area (Å²) < 4.78 is 0. The molecule has 3 nitrogen and oxygen atoms in total. The van der Waals surface area contributed by atoms with Crippen LogP contribution in [0.25, 0.3) is 0 Å². The van der Waals surface area contributed by atoms with E-state index in [1.54, 1.807) is 0 Å². The van der Waals surface area contributed by atoms with Gasteiger partial charge in [-0.3, -0.25) is 9.80 Å². The van der Waals surface area contributed by atoms with E-state index < -0.39 is 0 Å². The van der Waals surface area contributed by atoms with Crippen molar-refractivity contribution in [2.24, 2.45) is 5.73 Å². The Hall–Kier alpha value is 0.230. The number of nitrogens with two attached hydrogens (primary N) is 1. The predicted molar refractivity (Wildman–Crippen MR) is 83.4 cm³/mol. The minimum absolute atomic E-state index is 0.309. The second-order valence-electron chi connectivity index (χ2n) is 6.22. The Bertz CT molecular complexity index is 220. The molecule has 1 atom stereocenters. The van der Waals surface area contributed by atoms with Crippen molar-refractivity contribution >= 4 is 11.8 Å². The average molecular weight is 273 g/mol. The molecule has 0 aromatic heterocycles. The second kappa shape index (κ2) is 7.73. The molecule has 108 valence electrons. The largest absolute Gasteiger partial charge is 0.329 e. The summed E-state index contributed by atoms with van der Waals surface area (Å²) in [5.41, 5.74) is 6.25. The Morgan fingerprint density at radius 2 is 1.78 bits per heavy atom. The van der Waals surface area contributed by atoms with Crippen LogP contribution in [0.1, 0.15) is 33.6 Å². The summed E-state index contributed by atoms with van der Waals surface area (Å²) in [5, 5.41) is 0. The van der Waals surface area contributed by atoms with Gasteiger partial charge in [0.25, 0.3) is 0 Å². The summed E-state index contributed by atoms with van der Waals surface area (Å²) in [6.45, 7) is 12.5. The van der Waals surface area contributed by atoms with E-state index in [-0.39, 0.29) is 0 Å². The van der Waals surface area contributed by atoms with Gasteiger partial charge in [-0.2, -0.15) is 11.8 Å². The summed E-state index contributed by atoms with van der Waals surface area (Å²) in [4.78, 5) is 5.18. The monoisotopic (exact) mass is 273 g/mol. The molecule has 2 N–H and O–H groups in total. The number of hydrogen-bond acceptors (Lipinski definition) is 4. The molecule has 1 rings (SSSR count). The van der Waals surface area contributed by atoms with Gasteiger partial charge >= 0.3 is 0 Å². The van der Waals surface area contributed by atoms with Crippen LogP contribution in [-0.4, -0.2) is 66.1 Å².